The zero-order valence-electron chi connectivity index (χ0n) is 15.6. The molecule has 2 aromatic heterocycles. The number of furan rings is 1. The lowest BCUT2D eigenvalue weighted by Crippen LogP contribution is -2.28. The number of nitrogens with one attached hydrogen (secondary N) is 1. The maximum Gasteiger partial charge on any atom is 0.268 e. The molecule has 0 aliphatic carbocycles. The number of hydrogen-bond donors (Lipinski definition) is 1. The molecule has 4 aromatic rings. The zero-order valence-corrected chi connectivity index (χ0v) is 15.6. The fraction of sp³-hybridized carbons (Fsp3) is 0.174. The van der Waals surface area contributed by atoms with Crippen LogP contribution in [0.25, 0.3) is 11.1 Å². The van der Waals surface area contributed by atoms with Crippen LogP contribution < -0.4 is 5.32 Å². The molecule has 0 bridgehead atoms. The Labute approximate surface area is 162 Å². The molecule has 1 N–H and O–H groups in total. The van der Waals surface area contributed by atoms with E-state index in [0.717, 1.165) is 23.3 Å². The van der Waals surface area contributed by atoms with Crippen LogP contribution in [0.15, 0.2) is 71.1 Å². The average molecular weight is 376 g/mol. The predicted octanol–water partition coefficient (Wildman–Crippen LogP) is 4.70. The lowest BCUT2D eigenvalue weighted by Gasteiger charge is -2.11. The summed E-state index contributed by atoms with van der Waals surface area (Å²) in [5.74, 6) is 0.309. The van der Waals surface area contributed by atoms with Gasteiger partial charge in [0.2, 0.25) is 0 Å². The first-order valence-electron chi connectivity index (χ1n) is 9.26. The highest BCUT2D eigenvalue weighted by Gasteiger charge is 2.18. The maximum absolute atomic E-state index is 13.6. The van der Waals surface area contributed by atoms with E-state index in [1.54, 1.807) is 12.1 Å². The average Bonchev–Trinajstić information content (AvgIpc) is 3.20. The van der Waals surface area contributed by atoms with Crippen LogP contribution >= 0.6 is 0 Å². The van der Waals surface area contributed by atoms with Gasteiger partial charge in [-0.05, 0) is 36.6 Å². The molecule has 0 aliphatic rings. The summed E-state index contributed by atoms with van der Waals surface area (Å²) in [4.78, 5) is 12.8. The van der Waals surface area contributed by atoms with Crippen molar-refractivity contribution in [3.8, 4) is 0 Å². The van der Waals surface area contributed by atoms with Crippen LogP contribution in [0.4, 0.5) is 4.39 Å². The molecular weight excluding hydrogens is 355 g/mol. The summed E-state index contributed by atoms with van der Waals surface area (Å²) in [5, 5.41) is 2.97. The van der Waals surface area contributed by atoms with E-state index in [1.807, 2.05) is 54.0 Å². The summed E-state index contributed by atoms with van der Waals surface area (Å²) < 4.78 is 21.2. The van der Waals surface area contributed by atoms with E-state index in [9.17, 15) is 9.18 Å². The molecule has 0 spiro atoms. The SMILES string of the molecule is Cc1cc2c(cc(C(=O)NCCc3ccccc3)n2Cc2cccc(F)c2)o1. The van der Waals surface area contributed by atoms with Crippen molar-refractivity contribution in [1.29, 1.82) is 0 Å². The van der Waals surface area contributed by atoms with Crippen LogP contribution in [0, 0.1) is 12.7 Å². The van der Waals surface area contributed by atoms with Gasteiger partial charge in [-0.25, -0.2) is 4.39 Å². The van der Waals surface area contributed by atoms with E-state index in [0.29, 0.717) is 24.4 Å². The van der Waals surface area contributed by atoms with Crippen LogP contribution in [0.5, 0.6) is 0 Å². The van der Waals surface area contributed by atoms with Gasteiger partial charge in [0.1, 0.15) is 17.3 Å². The molecule has 1 amide bonds. The third-order valence-corrected chi connectivity index (χ3v) is 4.72. The van der Waals surface area contributed by atoms with Crippen LogP contribution in [-0.2, 0) is 13.0 Å². The van der Waals surface area contributed by atoms with Crippen molar-refractivity contribution in [1.82, 2.24) is 9.88 Å². The number of carbonyl (C=O) groups is 1. The molecule has 0 unspecified atom stereocenters. The van der Waals surface area contributed by atoms with Crippen LogP contribution in [0.1, 0.15) is 27.4 Å². The van der Waals surface area contributed by atoms with E-state index >= 15 is 0 Å². The summed E-state index contributed by atoms with van der Waals surface area (Å²) in [6.07, 6.45) is 0.756. The molecule has 4 rings (SSSR count). The summed E-state index contributed by atoms with van der Waals surface area (Å²) in [5.41, 5.74) is 3.94. The number of aromatic nitrogens is 1. The Balaban J connectivity index is 1.57. The molecule has 28 heavy (non-hydrogen) atoms. The third-order valence-electron chi connectivity index (χ3n) is 4.72. The Kier molecular flexibility index (Phi) is 4.98. The highest BCUT2D eigenvalue weighted by Crippen LogP contribution is 2.25. The van der Waals surface area contributed by atoms with Crippen molar-refractivity contribution < 1.29 is 13.6 Å². The Bertz CT molecular complexity index is 1110. The third kappa shape index (κ3) is 3.83. The summed E-state index contributed by atoms with van der Waals surface area (Å²) in [6, 6.07) is 20.1. The number of fused-ring (bicyclic) bond motifs is 1. The van der Waals surface area contributed by atoms with Crippen molar-refractivity contribution in [2.24, 2.45) is 0 Å². The number of benzene rings is 2. The second-order valence-electron chi connectivity index (χ2n) is 6.84. The van der Waals surface area contributed by atoms with Gasteiger partial charge in [-0.1, -0.05) is 42.5 Å². The van der Waals surface area contributed by atoms with E-state index < -0.39 is 0 Å². The predicted molar refractivity (Wildman–Crippen MR) is 107 cm³/mol. The number of amides is 1. The summed E-state index contributed by atoms with van der Waals surface area (Å²) in [6.45, 7) is 2.79. The first-order valence-corrected chi connectivity index (χ1v) is 9.26. The molecule has 4 nitrogen and oxygen atoms in total. The molecule has 0 aliphatic heterocycles. The smallest absolute Gasteiger partial charge is 0.268 e. The quantitative estimate of drug-likeness (QED) is 0.530. The van der Waals surface area contributed by atoms with Gasteiger partial charge in [0.05, 0.1) is 5.52 Å². The molecule has 2 heterocycles. The number of aryl methyl sites for hydroxylation is 1. The van der Waals surface area contributed by atoms with E-state index in [4.69, 9.17) is 4.42 Å². The minimum absolute atomic E-state index is 0.170. The summed E-state index contributed by atoms with van der Waals surface area (Å²) in [7, 11) is 0. The van der Waals surface area contributed by atoms with Gasteiger partial charge in [-0.3, -0.25) is 4.79 Å². The van der Waals surface area contributed by atoms with Gasteiger partial charge in [-0.15, -0.1) is 0 Å². The van der Waals surface area contributed by atoms with Crippen molar-refractivity contribution in [3.05, 3.63) is 95.1 Å². The number of carbonyl (C=O) groups excluding carboxylic acids is 1. The normalized spacial score (nSPS) is 11.1. The summed E-state index contributed by atoms with van der Waals surface area (Å²) >= 11 is 0. The minimum Gasteiger partial charge on any atom is -0.460 e. The number of hydrogen-bond acceptors (Lipinski definition) is 2. The van der Waals surface area contributed by atoms with E-state index in [2.05, 4.69) is 5.32 Å². The second-order valence-corrected chi connectivity index (χ2v) is 6.84. The van der Waals surface area contributed by atoms with Crippen LogP contribution in [0.2, 0.25) is 0 Å². The molecular formula is C23H21FN2O2. The minimum atomic E-state index is -0.293. The van der Waals surface area contributed by atoms with Crippen molar-refractivity contribution in [3.63, 3.8) is 0 Å². The number of halogens is 1. The monoisotopic (exact) mass is 376 g/mol. The molecule has 5 heteroatoms. The van der Waals surface area contributed by atoms with E-state index in [-0.39, 0.29) is 11.7 Å². The number of rotatable bonds is 6. The zero-order chi connectivity index (χ0) is 19.5. The lowest BCUT2D eigenvalue weighted by molar-refractivity contribution is 0.0945. The largest absolute Gasteiger partial charge is 0.460 e. The highest BCUT2D eigenvalue weighted by atomic mass is 19.1. The Hall–Kier alpha value is -3.34. The van der Waals surface area contributed by atoms with Crippen molar-refractivity contribution in [2.45, 2.75) is 19.9 Å². The molecule has 0 saturated heterocycles. The standard InChI is InChI=1S/C23H21FN2O2/c1-16-12-20-22(28-16)14-21(26(20)15-18-8-5-9-19(24)13-18)23(27)25-11-10-17-6-3-2-4-7-17/h2-9,12-14H,10-11,15H2,1H3,(H,25,27). The molecule has 0 radical (unpaired) electrons. The van der Waals surface area contributed by atoms with Gasteiger partial charge < -0.3 is 14.3 Å². The van der Waals surface area contributed by atoms with Gasteiger partial charge in [0.15, 0.2) is 5.58 Å². The van der Waals surface area contributed by atoms with Crippen LogP contribution in [0.3, 0.4) is 0 Å². The van der Waals surface area contributed by atoms with Gasteiger partial charge >= 0.3 is 0 Å². The highest BCUT2D eigenvalue weighted by molar-refractivity contribution is 5.97. The topological polar surface area (TPSA) is 47.2 Å². The van der Waals surface area contributed by atoms with E-state index in [1.165, 1.54) is 17.7 Å². The fourth-order valence-corrected chi connectivity index (χ4v) is 3.40. The maximum atomic E-state index is 13.6. The first kappa shape index (κ1) is 18.0. The number of nitrogens with zero attached hydrogens (tertiary/aromatic N) is 1. The molecule has 0 saturated carbocycles. The van der Waals surface area contributed by atoms with Gasteiger partial charge in [0, 0.05) is 25.2 Å². The van der Waals surface area contributed by atoms with Crippen LogP contribution in [-0.4, -0.2) is 17.0 Å². The fourth-order valence-electron chi connectivity index (χ4n) is 3.40. The van der Waals surface area contributed by atoms with Gasteiger partial charge in [0.25, 0.3) is 5.91 Å². The Morgan fingerprint density at radius 2 is 1.82 bits per heavy atom. The molecule has 0 atom stereocenters. The first-order chi connectivity index (χ1) is 13.6. The second kappa shape index (κ2) is 7.72. The Morgan fingerprint density at radius 1 is 1.04 bits per heavy atom. The lowest BCUT2D eigenvalue weighted by atomic mass is 10.1. The van der Waals surface area contributed by atoms with Crippen molar-refractivity contribution in [2.75, 3.05) is 6.54 Å². The van der Waals surface area contributed by atoms with Crippen molar-refractivity contribution >= 4 is 17.0 Å². The molecule has 2 aromatic carbocycles. The van der Waals surface area contributed by atoms with Gasteiger partial charge in [-0.2, -0.15) is 0 Å². The molecule has 0 fully saturated rings. The molecule has 142 valence electrons. The Morgan fingerprint density at radius 3 is 2.61 bits per heavy atom.